The van der Waals surface area contributed by atoms with E-state index in [1.165, 1.54) is 0 Å². The number of amides is 1. The Morgan fingerprint density at radius 1 is 1.25 bits per heavy atom. The summed E-state index contributed by atoms with van der Waals surface area (Å²) in [4.78, 5) is 17.0. The lowest BCUT2D eigenvalue weighted by molar-refractivity contribution is 0.102. The lowest BCUT2D eigenvalue weighted by Crippen LogP contribution is -2.16. The molecule has 0 aliphatic rings. The van der Waals surface area contributed by atoms with Crippen LogP contribution in [0.2, 0.25) is 0 Å². The number of rotatable bonds is 2. The van der Waals surface area contributed by atoms with Gasteiger partial charge in [0.05, 0.1) is 29.1 Å². The molecular weight excluding hydrogens is 302 g/mol. The van der Waals surface area contributed by atoms with Gasteiger partial charge >= 0.3 is 0 Å². The van der Waals surface area contributed by atoms with Crippen LogP contribution in [0, 0.1) is 20.8 Å². The molecule has 0 saturated heterocycles. The predicted molar refractivity (Wildman–Crippen MR) is 97.7 cm³/mol. The summed E-state index contributed by atoms with van der Waals surface area (Å²) in [5.41, 5.74) is 6.08. The molecular formula is C18H21N5O. The number of imidazole rings is 1. The van der Waals surface area contributed by atoms with Crippen LogP contribution >= 0.6 is 0 Å². The summed E-state index contributed by atoms with van der Waals surface area (Å²) in [6.45, 7) is 5.83. The van der Waals surface area contributed by atoms with E-state index in [2.05, 4.69) is 20.5 Å². The van der Waals surface area contributed by atoms with Crippen LogP contribution in [-0.4, -0.2) is 25.5 Å². The van der Waals surface area contributed by atoms with Crippen LogP contribution in [0.1, 0.15) is 30.2 Å². The van der Waals surface area contributed by atoms with Gasteiger partial charge in [-0.1, -0.05) is 0 Å². The van der Waals surface area contributed by atoms with Crippen molar-refractivity contribution in [1.82, 2.24) is 19.6 Å². The Kier molecular flexibility index (Phi) is 3.13. The van der Waals surface area contributed by atoms with Gasteiger partial charge in [0.2, 0.25) is 0 Å². The summed E-state index contributed by atoms with van der Waals surface area (Å²) in [5.74, 6) is -0.124. The standard InChI is InChI=1S/C18H17N5O.2H2/c1-10-6-14-8-19-9-23(14)12(3)17(10)18(24)20-13-4-5-16-15(7-13)11(2)21-22-16;;/h4-9H,1-3H3,(H,20,24)(H,21,22);2*1H. The molecule has 6 nitrogen and oxygen atoms in total. The van der Waals surface area contributed by atoms with Crippen LogP contribution < -0.4 is 5.32 Å². The zero-order valence-electron chi connectivity index (χ0n) is 13.7. The fraction of sp³-hybridized carbons (Fsp3) is 0.167. The minimum atomic E-state index is -0.124. The third kappa shape index (κ3) is 2.15. The van der Waals surface area contributed by atoms with Crippen LogP contribution in [0.15, 0.2) is 36.8 Å². The van der Waals surface area contributed by atoms with Gasteiger partial charge in [0, 0.05) is 25.3 Å². The van der Waals surface area contributed by atoms with E-state index >= 15 is 0 Å². The van der Waals surface area contributed by atoms with E-state index in [1.54, 1.807) is 12.5 Å². The van der Waals surface area contributed by atoms with Crippen LogP contribution in [0.25, 0.3) is 16.4 Å². The monoisotopic (exact) mass is 323 g/mol. The first-order valence-corrected chi connectivity index (χ1v) is 7.73. The van der Waals surface area contributed by atoms with Crippen molar-refractivity contribution in [3.05, 3.63) is 59.3 Å². The molecule has 24 heavy (non-hydrogen) atoms. The number of H-pyrrole nitrogens is 1. The number of pyridine rings is 1. The van der Waals surface area contributed by atoms with Crippen molar-refractivity contribution >= 4 is 28.0 Å². The van der Waals surface area contributed by atoms with Gasteiger partial charge in [0.1, 0.15) is 0 Å². The van der Waals surface area contributed by atoms with Gasteiger partial charge in [-0.3, -0.25) is 9.89 Å². The summed E-state index contributed by atoms with van der Waals surface area (Å²) in [5, 5.41) is 11.2. The van der Waals surface area contributed by atoms with E-state index in [1.807, 2.05) is 49.4 Å². The lowest BCUT2D eigenvalue weighted by atomic mass is 10.1. The van der Waals surface area contributed by atoms with Gasteiger partial charge in [0.25, 0.3) is 5.91 Å². The van der Waals surface area contributed by atoms with E-state index in [4.69, 9.17) is 0 Å². The Morgan fingerprint density at radius 2 is 2.08 bits per heavy atom. The van der Waals surface area contributed by atoms with Crippen molar-refractivity contribution in [1.29, 1.82) is 0 Å². The van der Waals surface area contributed by atoms with Crippen LogP contribution in [0.5, 0.6) is 0 Å². The fourth-order valence-electron chi connectivity index (χ4n) is 3.15. The number of benzene rings is 1. The maximum Gasteiger partial charge on any atom is 0.257 e. The second kappa shape index (κ2) is 5.19. The smallest absolute Gasteiger partial charge is 0.257 e. The molecule has 0 aliphatic carbocycles. The van der Waals surface area contributed by atoms with Gasteiger partial charge in [-0.2, -0.15) is 5.10 Å². The molecule has 4 rings (SSSR count). The number of hydrogen-bond acceptors (Lipinski definition) is 3. The largest absolute Gasteiger partial charge is 0.322 e. The highest BCUT2D eigenvalue weighted by atomic mass is 16.1. The van der Waals surface area contributed by atoms with E-state index in [0.29, 0.717) is 5.56 Å². The second-order valence-corrected chi connectivity index (χ2v) is 6.01. The Labute approximate surface area is 141 Å². The van der Waals surface area contributed by atoms with Crippen LogP contribution in [0.3, 0.4) is 0 Å². The summed E-state index contributed by atoms with van der Waals surface area (Å²) in [7, 11) is 0. The molecule has 124 valence electrons. The number of carbonyl (C=O) groups is 1. The number of aromatic nitrogens is 4. The molecule has 0 bridgehead atoms. The average molecular weight is 323 g/mol. The van der Waals surface area contributed by atoms with Gasteiger partial charge in [-0.25, -0.2) is 4.98 Å². The number of nitrogens with zero attached hydrogens (tertiary/aromatic N) is 3. The SMILES string of the molecule is Cc1cc2cncn2c(C)c1C(=O)Nc1ccc2n[nH]c(C)c2c1.[HH].[HH]. The minimum absolute atomic E-state index is 0. The van der Waals surface area contributed by atoms with E-state index in [9.17, 15) is 4.79 Å². The molecule has 1 amide bonds. The molecule has 2 N–H and O–H groups in total. The Balaban J connectivity index is 0.00000121. The van der Waals surface area contributed by atoms with Gasteiger partial charge < -0.3 is 9.72 Å². The van der Waals surface area contributed by atoms with Gasteiger partial charge in [-0.05, 0) is 50.6 Å². The Hall–Kier alpha value is -3.15. The first-order chi connectivity index (χ1) is 11.5. The predicted octanol–water partition coefficient (Wildman–Crippen LogP) is 3.88. The summed E-state index contributed by atoms with van der Waals surface area (Å²) < 4.78 is 1.92. The normalized spacial score (nSPS) is 11.3. The van der Waals surface area contributed by atoms with Crippen LogP contribution in [0.4, 0.5) is 5.69 Å². The number of nitrogens with one attached hydrogen (secondary N) is 2. The van der Waals surface area contributed by atoms with Crippen molar-refractivity contribution < 1.29 is 7.65 Å². The highest BCUT2D eigenvalue weighted by molar-refractivity contribution is 6.07. The fourth-order valence-corrected chi connectivity index (χ4v) is 3.15. The van der Waals surface area contributed by atoms with Crippen molar-refractivity contribution in [2.75, 3.05) is 5.32 Å². The van der Waals surface area contributed by atoms with E-state index in [-0.39, 0.29) is 8.76 Å². The molecule has 0 unspecified atom stereocenters. The number of fused-ring (bicyclic) bond motifs is 2. The van der Waals surface area contributed by atoms with Crippen molar-refractivity contribution in [3.8, 4) is 0 Å². The molecule has 1 aromatic carbocycles. The molecule has 0 atom stereocenters. The third-order valence-electron chi connectivity index (χ3n) is 4.38. The molecule has 0 fully saturated rings. The van der Waals surface area contributed by atoms with E-state index in [0.717, 1.165) is 39.1 Å². The van der Waals surface area contributed by atoms with Crippen molar-refractivity contribution in [2.45, 2.75) is 20.8 Å². The summed E-state index contributed by atoms with van der Waals surface area (Å²) in [6, 6.07) is 7.67. The highest BCUT2D eigenvalue weighted by Gasteiger charge is 2.16. The zero-order chi connectivity index (χ0) is 16.8. The first kappa shape index (κ1) is 14.4. The number of aryl methyl sites for hydroxylation is 3. The third-order valence-corrected chi connectivity index (χ3v) is 4.38. The molecule has 0 spiro atoms. The molecule has 6 heteroatoms. The van der Waals surface area contributed by atoms with Crippen molar-refractivity contribution in [3.63, 3.8) is 0 Å². The van der Waals surface area contributed by atoms with Crippen molar-refractivity contribution in [2.24, 2.45) is 0 Å². The zero-order valence-corrected chi connectivity index (χ0v) is 13.7. The first-order valence-electron chi connectivity index (χ1n) is 7.73. The maximum absolute atomic E-state index is 12.8. The molecule has 0 saturated carbocycles. The number of anilines is 1. The summed E-state index contributed by atoms with van der Waals surface area (Å²) in [6.07, 6.45) is 3.51. The number of aromatic amines is 1. The van der Waals surface area contributed by atoms with Crippen LogP contribution in [-0.2, 0) is 0 Å². The number of hydrogen-bond donors (Lipinski definition) is 2. The highest BCUT2D eigenvalue weighted by Crippen LogP contribution is 2.22. The quantitative estimate of drug-likeness (QED) is 0.588. The maximum atomic E-state index is 12.8. The molecule has 0 aliphatic heterocycles. The number of carbonyl (C=O) groups excluding carboxylic acids is 1. The Bertz CT molecular complexity index is 1100. The Morgan fingerprint density at radius 3 is 2.92 bits per heavy atom. The molecule has 3 aromatic heterocycles. The minimum Gasteiger partial charge on any atom is -0.322 e. The summed E-state index contributed by atoms with van der Waals surface area (Å²) >= 11 is 0. The second-order valence-electron chi connectivity index (χ2n) is 6.01. The van der Waals surface area contributed by atoms with Gasteiger partial charge in [-0.15, -0.1) is 0 Å². The average Bonchev–Trinajstić information content (AvgIpc) is 3.15. The molecule has 3 heterocycles. The lowest BCUT2D eigenvalue weighted by Gasteiger charge is -2.12. The molecule has 0 radical (unpaired) electrons. The van der Waals surface area contributed by atoms with E-state index < -0.39 is 0 Å². The van der Waals surface area contributed by atoms with Gasteiger partial charge in [0.15, 0.2) is 0 Å². The molecule has 4 aromatic rings. The topological polar surface area (TPSA) is 75.1 Å².